The summed E-state index contributed by atoms with van der Waals surface area (Å²) in [6.07, 6.45) is 2.39. The van der Waals surface area contributed by atoms with E-state index in [2.05, 4.69) is 11.4 Å². The topological polar surface area (TPSA) is 49.0 Å². The van der Waals surface area contributed by atoms with Crippen molar-refractivity contribution in [3.63, 3.8) is 0 Å². The predicted molar refractivity (Wildman–Crippen MR) is 70.2 cm³/mol. The van der Waals surface area contributed by atoms with Gasteiger partial charge in [-0.25, -0.2) is 0 Å². The van der Waals surface area contributed by atoms with Crippen molar-refractivity contribution in [2.75, 3.05) is 6.54 Å². The summed E-state index contributed by atoms with van der Waals surface area (Å²) < 4.78 is 5.20. The summed E-state index contributed by atoms with van der Waals surface area (Å²) in [6.45, 7) is 0.694. The maximum Gasteiger partial charge on any atom is 0.154 e. The lowest BCUT2D eigenvalue weighted by molar-refractivity contribution is 0.459. The third-order valence-corrected chi connectivity index (χ3v) is 2.84. The second kappa shape index (κ2) is 6.25. The Labute approximate surface area is 111 Å². The van der Waals surface area contributed by atoms with Crippen molar-refractivity contribution in [3.05, 3.63) is 59.0 Å². The molecule has 2 rings (SSSR count). The molecule has 0 radical (unpaired) electrons. The first-order valence-electron chi connectivity index (χ1n) is 5.70. The van der Waals surface area contributed by atoms with Gasteiger partial charge in [0.1, 0.15) is 5.76 Å². The van der Waals surface area contributed by atoms with Gasteiger partial charge in [0, 0.05) is 11.6 Å². The molecule has 92 valence electrons. The molecule has 4 heteroatoms. The minimum atomic E-state index is -0.404. The normalized spacial score (nSPS) is 12.0. The van der Waals surface area contributed by atoms with Crippen molar-refractivity contribution in [2.45, 2.75) is 12.5 Å². The van der Waals surface area contributed by atoms with E-state index in [1.165, 1.54) is 0 Å². The van der Waals surface area contributed by atoms with Crippen LogP contribution >= 0.6 is 11.6 Å². The number of halogens is 1. The van der Waals surface area contributed by atoms with Crippen molar-refractivity contribution in [1.82, 2.24) is 5.32 Å². The summed E-state index contributed by atoms with van der Waals surface area (Å²) in [5.41, 5.74) is 1.14. The fourth-order valence-corrected chi connectivity index (χ4v) is 1.93. The average Bonchev–Trinajstić information content (AvgIpc) is 2.88. The van der Waals surface area contributed by atoms with E-state index < -0.39 is 6.04 Å². The Hall–Kier alpha value is -1.76. The second-order valence-corrected chi connectivity index (χ2v) is 4.35. The Bertz CT molecular complexity index is 531. The Balaban J connectivity index is 1.87. The van der Waals surface area contributed by atoms with E-state index in [0.717, 1.165) is 17.0 Å². The van der Waals surface area contributed by atoms with Crippen LogP contribution in [0.25, 0.3) is 0 Å². The third-order valence-electron chi connectivity index (χ3n) is 2.61. The zero-order chi connectivity index (χ0) is 12.8. The van der Waals surface area contributed by atoms with Gasteiger partial charge in [-0.05, 0) is 36.2 Å². The highest BCUT2D eigenvalue weighted by atomic mass is 35.5. The van der Waals surface area contributed by atoms with Gasteiger partial charge in [-0.15, -0.1) is 0 Å². The van der Waals surface area contributed by atoms with Gasteiger partial charge in [0.25, 0.3) is 0 Å². The molecule has 0 spiro atoms. The Morgan fingerprint density at radius 3 is 2.89 bits per heavy atom. The van der Waals surface area contributed by atoms with Crippen LogP contribution in [0.1, 0.15) is 17.4 Å². The Morgan fingerprint density at radius 2 is 2.22 bits per heavy atom. The van der Waals surface area contributed by atoms with Crippen molar-refractivity contribution >= 4 is 11.6 Å². The summed E-state index contributed by atoms with van der Waals surface area (Å²) >= 11 is 5.91. The second-order valence-electron chi connectivity index (χ2n) is 3.91. The van der Waals surface area contributed by atoms with Crippen molar-refractivity contribution in [2.24, 2.45) is 0 Å². The highest BCUT2D eigenvalue weighted by Crippen LogP contribution is 2.13. The first kappa shape index (κ1) is 12.7. The van der Waals surface area contributed by atoms with Gasteiger partial charge in [0.15, 0.2) is 6.04 Å². The number of hydrogen-bond acceptors (Lipinski definition) is 3. The molecular formula is C14H13ClN2O. The zero-order valence-electron chi connectivity index (χ0n) is 9.77. The summed E-state index contributed by atoms with van der Waals surface area (Å²) in [5, 5.41) is 12.9. The number of nitriles is 1. The monoisotopic (exact) mass is 260 g/mol. The van der Waals surface area contributed by atoms with Crippen LogP contribution in [0.2, 0.25) is 5.02 Å². The van der Waals surface area contributed by atoms with Crippen molar-refractivity contribution in [1.29, 1.82) is 5.26 Å². The van der Waals surface area contributed by atoms with E-state index in [-0.39, 0.29) is 0 Å². The molecule has 1 atom stereocenters. The molecule has 1 heterocycles. The number of furan rings is 1. The van der Waals surface area contributed by atoms with E-state index in [1.54, 1.807) is 18.4 Å². The van der Waals surface area contributed by atoms with Crippen LogP contribution in [-0.2, 0) is 6.42 Å². The van der Waals surface area contributed by atoms with E-state index in [4.69, 9.17) is 21.3 Å². The SMILES string of the molecule is N#CC(NCCc1cccc(Cl)c1)c1ccco1. The fraction of sp³-hybridized carbons (Fsp3) is 0.214. The summed E-state index contributed by atoms with van der Waals surface area (Å²) in [7, 11) is 0. The van der Waals surface area contributed by atoms with Crippen molar-refractivity contribution in [3.8, 4) is 6.07 Å². The Kier molecular flexibility index (Phi) is 4.40. The molecule has 0 aliphatic rings. The number of nitrogens with zero attached hydrogens (tertiary/aromatic N) is 1. The largest absolute Gasteiger partial charge is 0.467 e. The van der Waals surface area contributed by atoms with Crippen LogP contribution < -0.4 is 5.32 Å². The van der Waals surface area contributed by atoms with E-state index in [0.29, 0.717) is 12.3 Å². The molecule has 3 nitrogen and oxygen atoms in total. The summed E-state index contributed by atoms with van der Waals surface area (Å²) in [5.74, 6) is 0.642. The molecular weight excluding hydrogens is 248 g/mol. The van der Waals surface area contributed by atoms with Crippen LogP contribution in [0.15, 0.2) is 47.1 Å². The molecule has 0 saturated carbocycles. The van der Waals surface area contributed by atoms with Crippen LogP contribution in [0, 0.1) is 11.3 Å². The predicted octanol–water partition coefficient (Wildman–Crippen LogP) is 3.33. The van der Waals surface area contributed by atoms with Crippen LogP contribution in [-0.4, -0.2) is 6.54 Å². The highest BCUT2D eigenvalue weighted by molar-refractivity contribution is 6.30. The van der Waals surface area contributed by atoms with E-state index in [9.17, 15) is 0 Å². The maximum atomic E-state index is 9.05. The third kappa shape index (κ3) is 3.36. The number of rotatable bonds is 5. The molecule has 0 saturated heterocycles. The van der Waals surface area contributed by atoms with Crippen LogP contribution in [0.5, 0.6) is 0 Å². The standard InChI is InChI=1S/C14H13ClN2O/c15-12-4-1-3-11(9-12)6-7-17-13(10-16)14-5-2-8-18-14/h1-5,8-9,13,17H,6-7H2. The number of benzene rings is 1. The number of hydrogen-bond donors (Lipinski definition) is 1. The first-order valence-corrected chi connectivity index (χ1v) is 6.08. The minimum Gasteiger partial charge on any atom is -0.467 e. The minimum absolute atomic E-state index is 0.404. The molecule has 1 N–H and O–H groups in total. The van der Waals surface area contributed by atoms with Gasteiger partial charge >= 0.3 is 0 Å². The van der Waals surface area contributed by atoms with Gasteiger partial charge in [-0.3, -0.25) is 5.32 Å². The Morgan fingerprint density at radius 1 is 1.33 bits per heavy atom. The average molecular weight is 261 g/mol. The lowest BCUT2D eigenvalue weighted by Crippen LogP contribution is -2.22. The van der Waals surface area contributed by atoms with Gasteiger partial charge < -0.3 is 4.42 Å². The van der Waals surface area contributed by atoms with E-state index in [1.807, 2.05) is 24.3 Å². The molecule has 0 bridgehead atoms. The van der Waals surface area contributed by atoms with Crippen molar-refractivity contribution < 1.29 is 4.42 Å². The number of nitrogens with one attached hydrogen (secondary N) is 1. The quantitative estimate of drug-likeness (QED) is 0.897. The lowest BCUT2D eigenvalue weighted by atomic mass is 10.1. The van der Waals surface area contributed by atoms with Gasteiger partial charge in [-0.2, -0.15) is 5.26 Å². The first-order chi connectivity index (χ1) is 8.79. The molecule has 0 amide bonds. The lowest BCUT2D eigenvalue weighted by Gasteiger charge is -2.09. The van der Waals surface area contributed by atoms with Gasteiger partial charge in [0.05, 0.1) is 12.3 Å². The molecule has 2 aromatic rings. The molecule has 1 aromatic carbocycles. The summed E-state index contributed by atoms with van der Waals surface area (Å²) in [6, 6.07) is 13.0. The fourth-order valence-electron chi connectivity index (χ4n) is 1.72. The van der Waals surface area contributed by atoms with E-state index >= 15 is 0 Å². The maximum absolute atomic E-state index is 9.05. The molecule has 1 aromatic heterocycles. The molecule has 0 aliphatic carbocycles. The van der Waals surface area contributed by atoms with Gasteiger partial charge in [0.2, 0.25) is 0 Å². The highest BCUT2D eigenvalue weighted by Gasteiger charge is 2.11. The molecule has 0 aliphatic heterocycles. The zero-order valence-corrected chi connectivity index (χ0v) is 10.5. The van der Waals surface area contributed by atoms with Gasteiger partial charge in [-0.1, -0.05) is 23.7 Å². The summed E-state index contributed by atoms with van der Waals surface area (Å²) in [4.78, 5) is 0. The van der Waals surface area contributed by atoms with Crippen LogP contribution in [0.3, 0.4) is 0 Å². The molecule has 18 heavy (non-hydrogen) atoms. The van der Waals surface area contributed by atoms with Crippen LogP contribution in [0.4, 0.5) is 0 Å². The smallest absolute Gasteiger partial charge is 0.154 e. The molecule has 0 fully saturated rings. The molecule has 1 unspecified atom stereocenters.